The van der Waals surface area contributed by atoms with Crippen LogP contribution in [0.25, 0.3) is 22.2 Å². The molecule has 0 unspecified atom stereocenters. The van der Waals surface area contributed by atoms with Crippen LogP contribution in [0.2, 0.25) is 0 Å². The van der Waals surface area contributed by atoms with Gasteiger partial charge in [0, 0.05) is 37.2 Å². The smallest absolute Gasteiger partial charge is 0.420 e. The first-order valence-electron chi connectivity index (χ1n) is 9.71. The number of anilines is 1. The van der Waals surface area contributed by atoms with Gasteiger partial charge in [0.1, 0.15) is 5.58 Å². The minimum absolute atomic E-state index is 0.0323. The summed E-state index contributed by atoms with van der Waals surface area (Å²) in [5.41, 5.74) is -2.33. The monoisotopic (exact) mass is 467 g/mol. The second kappa shape index (κ2) is 8.35. The molecule has 1 aromatic carbocycles. The predicted octanol–water partition coefficient (Wildman–Crippen LogP) is 4.24. The summed E-state index contributed by atoms with van der Waals surface area (Å²) in [6.07, 6.45) is -6.26. The van der Waals surface area contributed by atoms with E-state index in [1.54, 1.807) is 0 Å². The average Bonchev–Trinajstić information content (AvgIpc) is 3.21. The van der Waals surface area contributed by atoms with E-state index >= 15 is 0 Å². The Kier molecular flexibility index (Phi) is 5.70. The number of hydrogen-bond donors (Lipinski definition) is 1. The van der Waals surface area contributed by atoms with Crippen molar-refractivity contribution in [3.05, 3.63) is 47.4 Å². The zero-order valence-corrected chi connectivity index (χ0v) is 17.1. The van der Waals surface area contributed by atoms with Gasteiger partial charge in [-0.3, -0.25) is 9.69 Å². The fourth-order valence-electron chi connectivity index (χ4n) is 3.43. The number of fused-ring (bicyclic) bond motifs is 1. The Balaban J connectivity index is 1.82. The third-order valence-corrected chi connectivity index (χ3v) is 5.17. The number of carbonyl (C=O) groups is 2. The van der Waals surface area contributed by atoms with Crippen LogP contribution in [0.1, 0.15) is 16.1 Å². The Morgan fingerprint density at radius 2 is 1.85 bits per heavy atom. The van der Waals surface area contributed by atoms with E-state index in [0.29, 0.717) is 4.90 Å². The molecule has 4 rings (SSSR count). The van der Waals surface area contributed by atoms with Crippen molar-refractivity contribution < 1.29 is 41.4 Å². The summed E-state index contributed by atoms with van der Waals surface area (Å²) in [4.78, 5) is 29.9. The third-order valence-electron chi connectivity index (χ3n) is 5.17. The molecule has 3 heterocycles. The van der Waals surface area contributed by atoms with E-state index in [-0.39, 0.29) is 48.8 Å². The molecule has 0 bridgehead atoms. The molecule has 2 amide bonds. The highest BCUT2D eigenvalue weighted by molar-refractivity contribution is 5.95. The van der Waals surface area contributed by atoms with Crippen LogP contribution in [0.3, 0.4) is 0 Å². The van der Waals surface area contributed by atoms with Gasteiger partial charge in [0.25, 0.3) is 5.91 Å². The second-order valence-corrected chi connectivity index (χ2v) is 7.30. The van der Waals surface area contributed by atoms with Crippen LogP contribution < -0.4 is 4.90 Å². The number of pyridine rings is 1. The second-order valence-electron chi connectivity index (χ2n) is 7.30. The van der Waals surface area contributed by atoms with Gasteiger partial charge in [0.15, 0.2) is 11.5 Å². The number of amides is 2. The lowest BCUT2D eigenvalue weighted by atomic mass is 10.0. The Morgan fingerprint density at radius 3 is 2.48 bits per heavy atom. The number of aromatic nitrogens is 1. The first-order valence-corrected chi connectivity index (χ1v) is 9.71. The number of benzene rings is 1. The predicted molar refractivity (Wildman–Crippen MR) is 108 cm³/mol. The van der Waals surface area contributed by atoms with Crippen molar-refractivity contribution in [2.75, 3.05) is 38.3 Å². The number of hydrogen-bond acceptors (Lipinski definition) is 5. The van der Waals surface area contributed by atoms with E-state index in [4.69, 9.17) is 14.3 Å². The van der Waals surface area contributed by atoms with E-state index < -0.39 is 40.8 Å². The molecule has 8 nitrogen and oxygen atoms in total. The molecule has 1 aliphatic heterocycles. The van der Waals surface area contributed by atoms with Gasteiger partial charge in [-0.2, -0.15) is 13.2 Å². The zero-order chi connectivity index (χ0) is 23.9. The topological polar surface area (TPSA) is 96.1 Å². The summed E-state index contributed by atoms with van der Waals surface area (Å²) in [5, 5.41) is 9.06. The number of alkyl halides is 3. The van der Waals surface area contributed by atoms with Crippen LogP contribution in [-0.2, 0) is 10.9 Å². The Bertz CT molecular complexity index is 1230. The van der Waals surface area contributed by atoms with Crippen LogP contribution in [0.5, 0.6) is 0 Å². The Morgan fingerprint density at radius 1 is 1.15 bits per heavy atom. The van der Waals surface area contributed by atoms with Crippen molar-refractivity contribution in [3.63, 3.8) is 0 Å². The van der Waals surface area contributed by atoms with Gasteiger partial charge >= 0.3 is 12.3 Å². The van der Waals surface area contributed by atoms with E-state index in [1.165, 1.54) is 11.0 Å². The van der Waals surface area contributed by atoms with Gasteiger partial charge in [-0.25, -0.2) is 14.2 Å². The molecule has 33 heavy (non-hydrogen) atoms. The summed E-state index contributed by atoms with van der Waals surface area (Å²) in [5.74, 6) is -1.90. The van der Waals surface area contributed by atoms with Gasteiger partial charge in [-0.1, -0.05) is 0 Å². The molecule has 1 aliphatic rings. The molecular formula is C21H17F4N3O5. The van der Waals surface area contributed by atoms with Crippen molar-refractivity contribution in [1.82, 2.24) is 9.88 Å². The van der Waals surface area contributed by atoms with E-state index in [1.807, 2.05) is 0 Å². The maximum absolute atomic E-state index is 14.4. The van der Waals surface area contributed by atoms with Crippen molar-refractivity contribution in [1.29, 1.82) is 0 Å². The maximum Gasteiger partial charge on any atom is 0.420 e. The average molecular weight is 467 g/mol. The minimum atomic E-state index is -4.84. The summed E-state index contributed by atoms with van der Waals surface area (Å²) < 4.78 is 66.0. The first kappa shape index (κ1) is 22.5. The standard InChI is InChI=1S/C21H17F4N3O5/c1-27(20(30)31)16-10-12-8-11(9-13(18(12)33-16)21(23,24)25)15-3-2-14(22)17(26-15)19(29)28-4-6-32-7-5-28/h2-3,8-10H,4-7H2,1H3,(H,30,31). The normalized spacial score (nSPS) is 14.5. The molecule has 0 aliphatic carbocycles. The van der Waals surface area contributed by atoms with Crippen LogP contribution in [0.4, 0.5) is 28.2 Å². The molecule has 0 atom stereocenters. The molecule has 1 N–H and O–H groups in total. The summed E-state index contributed by atoms with van der Waals surface area (Å²) in [6, 6.07) is 5.34. The largest absolute Gasteiger partial charge is 0.465 e. The van der Waals surface area contributed by atoms with Gasteiger partial charge < -0.3 is 19.2 Å². The molecule has 12 heteroatoms. The number of nitrogens with zero attached hydrogens (tertiary/aromatic N) is 3. The summed E-state index contributed by atoms with van der Waals surface area (Å²) >= 11 is 0. The molecular weight excluding hydrogens is 450 g/mol. The number of carboxylic acid groups (broad SMARTS) is 1. The molecule has 3 aromatic rings. The quantitative estimate of drug-likeness (QED) is 0.579. The zero-order valence-electron chi connectivity index (χ0n) is 17.1. The third kappa shape index (κ3) is 4.33. The fraction of sp³-hybridized carbons (Fsp3) is 0.286. The summed E-state index contributed by atoms with van der Waals surface area (Å²) in [7, 11) is 1.12. The van der Waals surface area contributed by atoms with Crippen LogP contribution in [0.15, 0.2) is 34.7 Å². The molecule has 2 aromatic heterocycles. The molecule has 0 spiro atoms. The fourth-order valence-corrected chi connectivity index (χ4v) is 3.43. The molecule has 0 radical (unpaired) electrons. The van der Waals surface area contributed by atoms with E-state index in [9.17, 15) is 27.2 Å². The van der Waals surface area contributed by atoms with Gasteiger partial charge in [0.05, 0.1) is 24.5 Å². The highest BCUT2D eigenvalue weighted by Gasteiger charge is 2.36. The van der Waals surface area contributed by atoms with Crippen molar-refractivity contribution in [3.8, 4) is 11.3 Å². The van der Waals surface area contributed by atoms with Gasteiger partial charge in [-0.05, 0) is 24.3 Å². The number of morpholine rings is 1. The Hall–Kier alpha value is -3.67. The number of carbonyl (C=O) groups excluding carboxylic acids is 1. The minimum Gasteiger partial charge on any atom is -0.465 e. The van der Waals surface area contributed by atoms with Crippen LogP contribution in [0, 0.1) is 5.82 Å². The van der Waals surface area contributed by atoms with E-state index in [2.05, 4.69) is 4.98 Å². The lowest BCUT2D eigenvalue weighted by Gasteiger charge is -2.26. The van der Waals surface area contributed by atoms with E-state index in [0.717, 1.165) is 31.3 Å². The van der Waals surface area contributed by atoms with Crippen molar-refractivity contribution in [2.24, 2.45) is 0 Å². The van der Waals surface area contributed by atoms with Crippen molar-refractivity contribution >= 4 is 28.9 Å². The number of ether oxygens (including phenoxy) is 1. The maximum atomic E-state index is 14.4. The number of halogens is 4. The highest BCUT2D eigenvalue weighted by Crippen LogP contribution is 2.40. The lowest BCUT2D eigenvalue weighted by molar-refractivity contribution is -0.136. The van der Waals surface area contributed by atoms with Gasteiger partial charge in [0.2, 0.25) is 5.88 Å². The highest BCUT2D eigenvalue weighted by atomic mass is 19.4. The number of rotatable bonds is 3. The summed E-state index contributed by atoms with van der Waals surface area (Å²) in [6.45, 7) is 1.05. The first-order chi connectivity index (χ1) is 15.6. The molecule has 174 valence electrons. The molecule has 1 saturated heterocycles. The van der Waals surface area contributed by atoms with Crippen molar-refractivity contribution in [2.45, 2.75) is 6.18 Å². The Labute approximate surface area is 184 Å². The van der Waals surface area contributed by atoms with Gasteiger partial charge in [-0.15, -0.1) is 0 Å². The number of furan rings is 1. The molecule has 0 saturated carbocycles. The van der Waals surface area contributed by atoms with Crippen LogP contribution in [-0.4, -0.2) is 60.3 Å². The lowest BCUT2D eigenvalue weighted by Crippen LogP contribution is -2.41. The SMILES string of the molecule is CN(C(=O)O)c1cc2cc(-c3ccc(F)c(C(=O)N4CCOCC4)n3)cc(C(F)(F)F)c2o1. The van der Waals surface area contributed by atoms with Crippen LogP contribution >= 0.6 is 0 Å². The molecule has 1 fully saturated rings.